The molecule has 1 atom stereocenters. The zero-order chi connectivity index (χ0) is 17.6. The normalized spacial score (nSPS) is 18.4. The highest BCUT2D eigenvalue weighted by atomic mass is 16.5. The maximum atomic E-state index is 9.48. The van der Waals surface area contributed by atoms with Crippen molar-refractivity contribution in [3.05, 3.63) is 42.0 Å². The summed E-state index contributed by atoms with van der Waals surface area (Å²) in [5.41, 5.74) is 2.10. The molecule has 1 aliphatic heterocycles. The minimum Gasteiger partial charge on any atom is -0.481 e. The van der Waals surface area contributed by atoms with Gasteiger partial charge in [-0.2, -0.15) is 0 Å². The van der Waals surface area contributed by atoms with Crippen LogP contribution in [0.2, 0.25) is 0 Å². The number of aromatic nitrogens is 3. The van der Waals surface area contributed by atoms with Crippen molar-refractivity contribution in [2.24, 2.45) is 0 Å². The number of rotatable bonds is 6. The quantitative estimate of drug-likeness (QED) is 0.846. The average Bonchev–Trinajstić information content (AvgIpc) is 2.63. The van der Waals surface area contributed by atoms with E-state index in [0.29, 0.717) is 5.88 Å². The van der Waals surface area contributed by atoms with Crippen molar-refractivity contribution < 1.29 is 9.84 Å². The monoisotopic (exact) mass is 343 g/mol. The molecule has 3 heterocycles. The van der Waals surface area contributed by atoms with E-state index >= 15 is 0 Å². The van der Waals surface area contributed by atoms with Crippen molar-refractivity contribution in [3.8, 4) is 5.88 Å². The molecule has 0 amide bonds. The Balaban J connectivity index is 1.71. The van der Waals surface area contributed by atoms with Gasteiger partial charge in [0.25, 0.3) is 0 Å². The third kappa shape index (κ3) is 4.43. The lowest BCUT2D eigenvalue weighted by Gasteiger charge is -2.41. The van der Waals surface area contributed by atoms with Crippen LogP contribution in [-0.4, -0.2) is 64.4 Å². The molecule has 0 aromatic carbocycles. The third-order valence-corrected chi connectivity index (χ3v) is 4.54. The number of ether oxygens (including phenoxy) is 1. The van der Waals surface area contributed by atoms with Gasteiger partial charge in [-0.15, -0.1) is 0 Å². The van der Waals surface area contributed by atoms with E-state index < -0.39 is 0 Å². The van der Waals surface area contributed by atoms with Crippen molar-refractivity contribution >= 4 is 5.82 Å². The molecule has 2 aromatic heterocycles. The van der Waals surface area contributed by atoms with Gasteiger partial charge < -0.3 is 14.7 Å². The summed E-state index contributed by atoms with van der Waals surface area (Å²) in [6.45, 7) is 5.55. The van der Waals surface area contributed by atoms with Crippen LogP contribution in [0.15, 0.2) is 30.6 Å². The van der Waals surface area contributed by atoms with E-state index in [2.05, 4.69) is 30.8 Å². The summed E-state index contributed by atoms with van der Waals surface area (Å²) in [5, 5.41) is 9.48. The second kappa shape index (κ2) is 8.22. The number of aliphatic hydroxyl groups excluding tert-OH is 1. The summed E-state index contributed by atoms with van der Waals surface area (Å²) in [6.07, 6.45) is 2.25. The molecular weight excluding hydrogens is 318 g/mol. The second-order valence-electron chi connectivity index (χ2n) is 6.27. The van der Waals surface area contributed by atoms with Gasteiger partial charge in [0.1, 0.15) is 12.1 Å². The number of aliphatic hydroxyl groups is 1. The Morgan fingerprint density at radius 1 is 1.28 bits per heavy atom. The lowest BCUT2D eigenvalue weighted by Crippen LogP contribution is -2.53. The van der Waals surface area contributed by atoms with Crippen LogP contribution in [0.3, 0.4) is 0 Å². The Kier molecular flexibility index (Phi) is 5.78. The summed E-state index contributed by atoms with van der Waals surface area (Å²) in [6, 6.07) is 8.22. The molecule has 0 radical (unpaired) electrons. The third-order valence-electron chi connectivity index (χ3n) is 4.54. The van der Waals surface area contributed by atoms with Crippen molar-refractivity contribution in [2.75, 3.05) is 38.3 Å². The van der Waals surface area contributed by atoms with Gasteiger partial charge in [-0.1, -0.05) is 6.07 Å². The van der Waals surface area contributed by atoms with Gasteiger partial charge in [-0.25, -0.2) is 9.97 Å². The molecule has 0 unspecified atom stereocenters. The molecule has 0 aliphatic carbocycles. The fraction of sp³-hybridized carbons (Fsp3) is 0.500. The van der Waals surface area contributed by atoms with Crippen LogP contribution in [0.5, 0.6) is 5.88 Å². The molecule has 0 spiro atoms. The number of nitrogens with zero attached hydrogens (tertiary/aromatic N) is 5. The molecule has 1 fully saturated rings. The maximum Gasteiger partial charge on any atom is 0.218 e. The molecule has 1 saturated heterocycles. The smallest absolute Gasteiger partial charge is 0.218 e. The SMILES string of the molecule is COc1cc(N2CCN(Cc3cccc(C)n3)[C@@H](CCO)C2)ncn1. The zero-order valence-electron chi connectivity index (χ0n) is 14.8. The number of methoxy groups -OCH3 is 1. The number of pyridine rings is 1. The van der Waals surface area contributed by atoms with Gasteiger partial charge in [-0.05, 0) is 25.5 Å². The minimum absolute atomic E-state index is 0.170. The molecule has 1 aliphatic rings. The highest BCUT2D eigenvalue weighted by Crippen LogP contribution is 2.22. The van der Waals surface area contributed by atoms with Crippen LogP contribution in [-0.2, 0) is 6.54 Å². The van der Waals surface area contributed by atoms with Gasteiger partial charge in [0.15, 0.2) is 0 Å². The second-order valence-corrected chi connectivity index (χ2v) is 6.27. The molecule has 1 N–H and O–H groups in total. The van der Waals surface area contributed by atoms with E-state index in [1.165, 1.54) is 6.33 Å². The first-order chi connectivity index (χ1) is 12.2. The Morgan fingerprint density at radius 3 is 2.92 bits per heavy atom. The van der Waals surface area contributed by atoms with E-state index in [0.717, 1.165) is 49.8 Å². The number of hydrogen-bond donors (Lipinski definition) is 1. The Hall–Kier alpha value is -2.25. The van der Waals surface area contributed by atoms with Crippen LogP contribution in [0.1, 0.15) is 17.8 Å². The molecule has 2 aromatic rings. The summed E-state index contributed by atoms with van der Waals surface area (Å²) in [7, 11) is 1.60. The van der Waals surface area contributed by atoms with Crippen molar-refractivity contribution in [1.82, 2.24) is 19.9 Å². The van der Waals surface area contributed by atoms with E-state index in [9.17, 15) is 5.11 Å². The number of piperazine rings is 1. The largest absolute Gasteiger partial charge is 0.481 e. The van der Waals surface area contributed by atoms with Crippen LogP contribution < -0.4 is 9.64 Å². The molecule has 7 heteroatoms. The highest BCUT2D eigenvalue weighted by Gasteiger charge is 2.28. The Morgan fingerprint density at radius 2 is 2.16 bits per heavy atom. The molecular formula is C18H25N5O2. The first-order valence-corrected chi connectivity index (χ1v) is 8.58. The van der Waals surface area contributed by atoms with E-state index in [-0.39, 0.29) is 12.6 Å². The van der Waals surface area contributed by atoms with Crippen molar-refractivity contribution in [2.45, 2.75) is 25.9 Å². The summed E-state index contributed by atoms with van der Waals surface area (Å²) >= 11 is 0. The van der Waals surface area contributed by atoms with Crippen LogP contribution >= 0.6 is 0 Å². The van der Waals surface area contributed by atoms with Crippen molar-refractivity contribution in [1.29, 1.82) is 0 Å². The van der Waals surface area contributed by atoms with Crippen LogP contribution in [0.4, 0.5) is 5.82 Å². The molecule has 7 nitrogen and oxygen atoms in total. The summed E-state index contributed by atoms with van der Waals surface area (Å²) in [4.78, 5) is 17.7. The average molecular weight is 343 g/mol. The molecule has 25 heavy (non-hydrogen) atoms. The van der Waals surface area contributed by atoms with Gasteiger partial charge in [0, 0.05) is 50.6 Å². The van der Waals surface area contributed by atoms with E-state index in [1.807, 2.05) is 25.1 Å². The Bertz CT molecular complexity index is 697. The number of aryl methyl sites for hydroxylation is 1. The predicted octanol–water partition coefficient (Wildman–Crippen LogP) is 1.26. The molecule has 3 rings (SSSR count). The topological polar surface area (TPSA) is 74.6 Å². The van der Waals surface area contributed by atoms with E-state index in [4.69, 9.17) is 4.74 Å². The van der Waals surface area contributed by atoms with Gasteiger partial charge in [0.2, 0.25) is 5.88 Å². The summed E-state index contributed by atoms with van der Waals surface area (Å²) in [5.74, 6) is 1.43. The number of anilines is 1. The fourth-order valence-corrected chi connectivity index (χ4v) is 3.24. The first kappa shape index (κ1) is 17.6. The minimum atomic E-state index is 0.170. The Labute approximate surface area is 148 Å². The lowest BCUT2D eigenvalue weighted by atomic mass is 10.1. The fourth-order valence-electron chi connectivity index (χ4n) is 3.24. The highest BCUT2D eigenvalue weighted by molar-refractivity contribution is 5.41. The van der Waals surface area contributed by atoms with Crippen LogP contribution in [0.25, 0.3) is 0 Å². The first-order valence-electron chi connectivity index (χ1n) is 8.58. The molecule has 0 bridgehead atoms. The number of hydrogen-bond acceptors (Lipinski definition) is 7. The maximum absolute atomic E-state index is 9.48. The summed E-state index contributed by atoms with van der Waals surface area (Å²) < 4.78 is 5.19. The zero-order valence-corrected chi connectivity index (χ0v) is 14.8. The lowest BCUT2D eigenvalue weighted by molar-refractivity contribution is 0.133. The van der Waals surface area contributed by atoms with Gasteiger partial charge >= 0.3 is 0 Å². The van der Waals surface area contributed by atoms with Crippen molar-refractivity contribution in [3.63, 3.8) is 0 Å². The standard InChI is InChI=1S/C18H25N5O2/c1-14-4-3-5-15(21-14)11-22-7-8-23(12-16(22)6-9-24)17-10-18(25-2)20-13-19-17/h3-5,10,13,16,24H,6-9,11-12H2,1-2H3/t16-/m0/s1. The predicted molar refractivity (Wildman–Crippen MR) is 95.7 cm³/mol. The van der Waals surface area contributed by atoms with Gasteiger partial charge in [-0.3, -0.25) is 9.88 Å². The molecule has 134 valence electrons. The van der Waals surface area contributed by atoms with E-state index in [1.54, 1.807) is 7.11 Å². The molecule has 0 saturated carbocycles. The van der Waals surface area contributed by atoms with Gasteiger partial charge in [0.05, 0.1) is 12.8 Å². The van der Waals surface area contributed by atoms with Crippen LogP contribution in [0, 0.1) is 6.92 Å².